The van der Waals surface area contributed by atoms with Gasteiger partial charge in [0.2, 0.25) is 5.88 Å². The molecule has 0 aliphatic carbocycles. The Morgan fingerprint density at radius 2 is 2.44 bits per heavy atom. The first kappa shape index (κ1) is 12.6. The van der Waals surface area contributed by atoms with Gasteiger partial charge in [0.25, 0.3) is 0 Å². The molecule has 1 unspecified atom stereocenters. The molecular formula is C13H20N2O. The molecule has 0 aliphatic rings. The normalized spacial score (nSPS) is 11.9. The van der Waals surface area contributed by atoms with Crippen LogP contribution >= 0.6 is 0 Å². The SMILES string of the molecule is C=CCCC(C)Nc1cccnc1OCC. The molecule has 16 heavy (non-hydrogen) atoms. The van der Waals surface area contributed by atoms with E-state index in [4.69, 9.17) is 4.74 Å². The van der Waals surface area contributed by atoms with E-state index in [1.165, 1.54) is 0 Å². The van der Waals surface area contributed by atoms with Crippen LogP contribution in [0.5, 0.6) is 5.88 Å². The summed E-state index contributed by atoms with van der Waals surface area (Å²) in [6.45, 7) is 8.46. The average Bonchev–Trinajstić information content (AvgIpc) is 2.29. The van der Waals surface area contributed by atoms with Crippen molar-refractivity contribution >= 4 is 5.69 Å². The first-order chi connectivity index (χ1) is 7.77. The zero-order valence-corrected chi connectivity index (χ0v) is 10.1. The van der Waals surface area contributed by atoms with Crippen molar-refractivity contribution in [2.75, 3.05) is 11.9 Å². The van der Waals surface area contributed by atoms with Crippen molar-refractivity contribution < 1.29 is 4.74 Å². The summed E-state index contributed by atoms with van der Waals surface area (Å²) in [6.07, 6.45) is 5.75. The van der Waals surface area contributed by atoms with E-state index in [2.05, 4.69) is 23.8 Å². The van der Waals surface area contributed by atoms with Crippen LogP contribution in [0.4, 0.5) is 5.69 Å². The van der Waals surface area contributed by atoms with E-state index in [1.807, 2.05) is 25.1 Å². The largest absolute Gasteiger partial charge is 0.476 e. The predicted octanol–water partition coefficient (Wildman–Crippen LogP) is 3.25. The minimum Gasteiger partial charge on any atom is -0.476 e. The highest BCUT2D eigenvalue weighted by Crippen LogP contribution is 2.21. The third-order valence-electron chi connectivity index (χ3n) is 2.26. The Labute approximate surface area is 97.5 Å². The average molecular weight is 220 g/mol. The fraction of sp³-hybridized carbons (Fsp3) is 0.462. The molecule has 3 heteroatoms. The second-order valence-corrected chi connectivity index (χ2v) is 3.70. The molecular weight excluding hydrogens is 200 g/mol. The van der Waals surface area contributed by atoms with Gasteiger partial charge in [-0.25, -0.2) is 4.98 Å². The lowest BCUT2D eigenvalue weighted by atomic mass is 10.2. The summed E-state index contributed by atoms with van der Waals surface area (Å²) in [5.41, 5.74) is 0.959. The first-order valence-electron chi connectivity index (χ1n) is 5.73. The van der Waals surface area contributed by atoms with Gasteiger partial charge < -0.3 is 10.1 Å². The van der Waals surface area contributed by atoms with Crippen molar-refractivity contribution in [3.05, 3.63) is 31.0 Å². The van der Waals surface area contributed by atoms with E-state index in [0.717, 1.165) is 18.5 Å². The number of rotatable bonds is 7. The molecule has 0 bridgehead atoms. The maximum Gasteiger partial charge on any atom is 0.237 e. The summed E-state index contributed by atoms with van der Waals surface area (Å²) in [4.78, 5) is 4.20. The molecule has 0 spiro atoms. The first-order valence-corrected chi connectivity index (χ1v) is 5.73. The van der Waals surface area contributed by atoms with Crippen molar-refractivity contribution in [1.82, 2.24) is 4.98 Å². The lowest BCUT2D eigenvalue weighted by Gasteiger charge is -2.16. The fourth-order valence-corrected chi connectivity index (χ4v) is 1.46. The standard InChI is InChI=1S/C13H20N2O/c1-4-6-8-11(3)15-12-9-7-10-14-13(12)16-5-2/h4,7,9-11,15H,1,5-6,8H2,2-3H3. The van der Waals surface area contributed by atoms with Gasteiger partial charge in [-0.05, 0) is 38.8 Å². The maximum atomic E-state index is 5.45. The fourth-order valence-electron chi connectivity index (χ4n) is 1.46. The van der Waals surface area contributed by atoms with Gasteiger partial charge in [0.05, 0.1) is 12.3 Å². The minimum absolute atomic E-state index is 0.390. The van der Waals surface area contributed by atoms with Gasteiger partial charge in [-0.1, -0.05) is 6.08 Å². The Hall–Kier alpha value is -1.51. The molecule has 0 fully saturated rings. The van der Waals surface area contributed by atoms with E-state index < -0.39 is 0 Å². The van der Waals surface area contributed by atoms with Gasteiger partial charge in [-0.15, -0.1) is 6.58 Å². The number of nitrogens with zero attached hydrogens (tertiary/aromatic N) is 1. The number of allylic oxidation sites excluding steroid dienone is 1. The number of pyridine rings is 1. The zero-order chi connectivity index (χ0) is 11.8. The summed E-state index contributed by atoms with van der Waals surface area (Å²) in [7, 11) is 0. The molecule has 1 heterocycles. The number of nitrogens with one attached hydrogen (secondary N) is 1. The third kappa shape index (κ3) is 3.93. The van der Waals surface area contributed by atoms with E-state index in [-0.39, 0.29) is 0 Å². The van der Waals surface area contributed by atoms with Crippen LogP contribution in [0.3, 0.4) is 0 Å². The van der Waals surface area contributed by atoms with Crippen LogP contribution < -0.4 is 10.1 Å². The second-order valence-electron chi connectivity index (χ2n) is 3.70. The van der Waals surface area contributed by atoms with Crippen LogP contribution in [-0.2, 0) is 0 Å². The number of anilines is 1. The minimum atomic E-state index is 0.390. The quantitative estimate of drug-likeness (QED) is 0.716. The van der Waals surface area contributed by atoms with Gasteiger partial charge in [0.15, 0.2) is 0 Å². The lowest BCUT2D eigenvalue weighted by molar-refractivity contribution is 0.328. The molecule has 0 saturated carbocycles. The molecule has 1 rings (SSSR count). The Bertz CT molecular complexity index is 325. The number of ether oxygens (including phenoxy) is 1. The summed E-state index contributed by atoms with van der Waals surface area (Å²) in [5.74, 6) is 0.676. The van der Waals surface area contributed by atoms with Crippen LogP contribution in [0, 0.1) is 0 Å². The van der Waals surface area contributed by atoms with Crippen LogP contribution in [0.2, 0.25) is 0 Å². The smallest absolute Gasteiger partial charge is 0.237 e. The molecule has 3 nitrogen and oxygen atoms in total. The number of aromatic nitrogens is 1. The predicted molar refractivity (Wildman–Crippen MR) is 67.9 cm³/mol. The topological polar surface area (TPSA) is 34.2 Å². The van der Waals surface area contributed by atoms with Crippen molar-refractivity contribution in [1.29, 1.82) is 0 Å². The summed E-state index contributed by atoms with van der Waals surface area (Å²) < 4.78 is 5.45. The van der Waals surface area contributed by atoms with Gasteiger partial charge in [-0.3, -0.25) is 0 Å². The summed E-state index contributed by atoms with van der Waals surface area (Å²) in [6, 6.07) is 4.29. The Kier molecular flexibility index (Phi) is 5.40. The number of hydrogen-bond acceptors (Lipinski definition) is 3. The highest BCUT2D eigenvalue weighted by molar-refractivity contribution is 5.52. The third-order valence-corrected chi connectivity index (χ3v) is 2.26. The molecule has 0 aromatic carbocycles. The molecule has 1 N–H and O–H groups in total. The highest BCUT2D eigenvalue weighted by Gasteiger charge is 2.06. The zero-order valence-electron chi connectivity index (χ0n) is 10.1. The van der Waals surface area contributed by atoms with E-state index >= 15 is 0 Å². The van der Waals surface area contributed by atoms with Crippen LogP contribution in [-0.4, -0.2) is 17.6 Å². The van der Waals surface area contributed by atoms with E-state index in [1.54, 1.807) is 6.20 Å². The van der Waals surface area contributed by atoms with Crippen molar-refractivity contribution in [3.8, 4) is 5.88 Å². The van der Waals surface area contributed by atoms with Crippen LogP contribution in [0.15, 0.2) is 31.0 Å². The van der Waals surface area contributed by atoms with Crippen LogP contribution in [0.1, 0.15) is 26.7 Å². The molecule has 88 valence electrons. The summed E-state index contributed by atoms with van der Waals surface area (Å²) in [5, 5.41) is 3.39. The van der Waals surface area contributed by atoms with Crippen molar-refractivity contribution in [2.45, 2.75) is 32.7 Å². The van der Waals surface area contributed by atoms with Gasteiger partial charge in [-0.2, -0.15) is 0 Å². The van der Waals surface area contributed by atoms with Crippen LogP contribution in [0.25, 0.3) is 0 Å². The summed E-state index contributed by atoms with van der Waals surface area (Å²) >= 11 is 0. The molecule has 0 aliphatic heterocycles. The highest BCUT2D eigenvalue weighted by atomic mass is 16.5. The maximum absolute atomic E-state index is 5.45. The van der Waals surface area contributed by atoms with E-state index in [9.17, 15) is 0 Å². The Morgan fingerprint density at radius 3 is 3.12 bits per heavy atom. The monoisotopic (exact) mass is 220 g/mol. The molecule has 0 amide bonds. The van der Waals surface area contributed by atoms with Crippen molar-refractivity contribution in [3.63, 3.8) is 0 Å². The molecule has 0 radical (unpaired) electrons. The van der Waals surface area contributed by atoms with Crippen molar-refractivity contribution in [2.24, 2.45) is 0 Å². The van der Waals surface area contributed by atoms with E-state index in [0.29, 0.717) is 18.5 Å². The number of hydrogen-bond donors (Lipinski definition) is 1. The Morgan fingerprint density at radius 1 is 1.62 bits per heavy atom. The molecule has 0 saturated heterocycles. The Balaban J connectivity index is 2.60. The molecule has 1 aromatic rings. The molecule has 1 aromatic heterocycles. The second kappa shape index (κ2) is 6.88. The van der Waals surface area contributed by atoms with Gasteiger partial charge in [0.1, 0.15) is 0 Å². The van der Waals surface area contributed by atoms with Gasteiger partial charge >= 0.3 is 0 Å². The molecule has 1 atom stereocenters. The van der Waals surface area contributed by atoms with Gasteiger partial charge in [0, 0.05) is 12.2 Å². The lowest BCUT2D eigenvalue weighted by Crippen LogP contribution is -2.15.